The molecule has 1 aromatic carbocycles. The minimum absolute atomic E-state index is 0.0216. The average Bonchev–Trinajstić information content (AvgIpc) is 2.03. The van der Waals surface area contributed by atoms with E-state index in [4.69, 9.17) is 16.1 Å². The van der Waals surface area contributed by atoms with Gasteiger partial charge in [-0.1, -0.05) is 0 Å². The average molecular weight is 162 g/mol. The van der Waals surface area contributed by atoms with E-state index in [1.54, 1.807) is 6.07 Å². The van der Waals surface area contributed by atoms with Crippen molar-refractivity contribution in [2.45, 2.75) is 0 Å². The molecule has 0 amide bonds. The zero-order chi connectivity index (χ0) is 9.14. The van der Waals surface area contributed by atoms with Crippen LogP contribution in [-0.2, 0) is 0 Å². The number of nitrogen functional groups attached to an aromatic ring is 1. The highest BCUT2D eigenvalue weighted by Crippen LogP contribution is 2.12. The Bertz CT molecular complexity index is 366. The molecule has 0 spiro atoms. The smallest absolute Gasteiger partial charge is 0.337 e. The molecule has 0 saturated heterocycles. The molecule has 4 heteroatoms. The van der Waals surface area contributed by atoms with Crippen LogP contribution in [0.4, 0.5) is 5.69 Å². The van der Waals surface area contributed by atoms with E-state index in [2.05, 4.69) is 0 Å². The molecule has 12 heavy (non-hydrogen) atoms. The summed E-state index contributed by atoms with van der Waals surface area (Å²) in [6.45, 7) is 0. The molecule has 0 unspecified atom stereocenters. The second-order valence-electron chi connectivity index (χ2n) is 2.22. The van der Waals surface area contributed by atoms with Crippen molar-refractivity contribution in [3.8, 4) is 6.07 Å². The van der Waals surface area contributed by atoms with Crippen LogP contribution in [0.25, 0.3) is 0 Å². The van der Waals surface area contributed by atoms with Gasteiger partial charge in [0.05, 0.1) is 11.1 Å². The minimum Gasteiger partial charge on any atom is -0.478 e. The summed E-state index contributed by atoms with van der Waals surface area (Å²) in [5.74, 6) is -1.12. The number of nitrogens with zero attached hydrogens (tertiary/aromatic N) is 1. The number of aromatic carboxylic acids is 1. The summed E-state index contributed by atoms with van der Waals surface area (Å²) in [6, 6.07) is 5.86. The van der Waals surface area contributed by atoms with Gasteiger partial charge in [0, 0.05) is 5.69 Å². The summed E-state index contributed by atoms with van der Waals surface area (Å²) in [6.07, 6.45) is 0. The van der Waals surface area contributed by atoms with Crippen LogP contribution in [0.3, 0.4) is 0 Å². The minimum atomic E-state index is -1.12. The maximum Gasteiger partial charge on any atom is 0.337 e. The maximum absolute atomic E-state index is 10.5. The van der Waals surface area contributed by atoms with E-state index in [1.165, 1.54) is 18.2 Å². The molecule has 0 fully saturated rings. The van der Waals surface area contributed by atoms with Crippen LogP contribution in [0.2, 0.25) is 0 Å². The van der Waals surface area contributed by atoms with Crippen LogP contribution in [-0.4, -0.2) is 11.1 Å². The second-order valence-corrected chi connectivity index (χ2v) is 2.22. The molecule has 4 nitrogen and oxygen atoms in total. The number of hydrogen-bond donors (Lipinski definition) is 2. The molecule has 0 aliphatic heterocycles. The Morgan fingerprint density at radius 1 is 1.58 bits per heavy atom. The molecule has 3 N–H and O–H groups in total. The van der Waals surface area contributed by atoms with Crippen molar-refractivity contribution in [1.82, 2.24) is 0 Å². The Hall–Kier alpha value is -2.02. The quantitative estimate of drug-likeness (QED) is 0.599. The van der Waals surface area contributed by atoms with Gasteiger partial charge in [0.2, 0.25) is 0 Å². The fourth-order valence-corrected chi connectivity index (χ4v) is 0.841. The lowest BCUT2D eigenvalue weighted by atomic mass is 10.1. The molecule has 0 bridgehead atoms. The predicted octanol–water partition coefficient (Wildman–Crippen LogP) is 0.839. The van der Waals surface area contributed by atoms with Crippen LogP contribution in [0, 0.1) is 11.3 Å². The lowest BCUT2D eigenvalue weighted by Crippen LogP contribution is -2.00. The molecule has 0 aliphatic carbocycles. The second kappa shape index (κ2) is 2.93. The van der Waals surface area contributed by atoms with Crippen molar-refractivity contribution < 1.29 is 9.90 Å². The molecule has 0 atom stereocenters. The summed E-state index contributed by atoms with van der Waals surface area (Å²) < 4.78 is 0. The van der Waals surface area contributed by atoms with E-state index in [0.29, 0.717) is 5.69 Å². The first-order valence-electron chi connectivity index (χ1n) is 3.18. The molecule has 1 aromatic rings. The SMILES string of the molecule is N#Cc1cc(N)ccc1C(=O)O. The van der Waals surface area contributed by atoms with Crippen molar-refractivity contribution in [3.05, 3.63) is 29.3 Å². The first-order chi connectivity index (χ1) is 5.65. The summed E-state index contributed by atoms with van der Waals surface area (Å²) in [7, 11) is 0. The monoisotopic (exact) mass is 162 g/mol. The number of nitriles is 1. The number of carboxylic acid groups (broad SMARTS) is 1. The van der Waals surface area contributed by atoms with Crippen molar-refractivity contribution >= 4 is 11.7 Å². The number of carboxylic acids is 1. The first-order valence-corrected chi connectivity index (χ1v) is 3.18. The largest absolute Gasteiger partial charge is 0.478 e. The van der Waals surface area contributed by atoms with Gasteiger partial charge < -0.3 is 10.8 Å². The van der Waals surface area contributed by atoms with E-state index in [1.807, 2.05) is 0 Å². The highest BCUT2D eigenvalue weighted by Gasteiger charge is 2.08. The Balaban J connectivity index is 3.32. The zero-order valence-corrected chi connectivity index (χ0v) is 6.11. The number of anilines is 1. The molecule has 0 aliphatic rings. The van der Waals surface area contributed by atoms with Crippen LogP contribution in [0.5, 0.6) is 0 Å². The lowest BCUT2D eigenvalue weighted by Gasteiger charge is -1.98. The van der Waals surface area contributed by atoms with Crippen molar-refractivity contribution in [2.24, 2.45) is 0 Å². The summed E-state index contributed by atoms with van der Waals surface area (Å²) in [5, 5.41) is 17.1. The van der Waals surface area contributed by atoms with Gasteiger partial charge in [-0.05, 0) is 18.2 Å². The summed E-state index contributed by atoms with van der Waals surface area (Å²) in [4.78, 5) is 10.5. The molecule has 0 radical (unpaired) electrons. The molecular formula is C8H6N2O2. The Kier molecular flexibility index (Phi) is 1.97. The molecule has 60 valence electrons. The first kappa shape index (κ1) is 8.08. The molecule has 1 rings (SSSR count). The number of carbonyl (C=O) groups is 1. The van der Waals surface area contributed by atoms with Gasteiger partial charge in [0.25, 0.3) is 0 Å². The van der Waals surface area contributed by atoms with Gasteiger partial charge in [0.15, 0.2) is 0 Å². The fraction of sp³-hybridized carbons (Fsp3) is 0. The van der Waals surface area contributed by atoms with Gasteiger partial charge in [-0.3, -0.25) is 0 Å². The number of hydrogen-bond acceptors (Lipinski definition) is 3. The highest BCUT2D eigenvalue weighted by atomic mass is 16.4. The van der Waals surface area contributed by atoms with Gasteiger partial charge in [-0.15, -0.1) is 0 Å². The van der Waals surface area contributed by atoms with E-state index < -0.39 is 5.97 Å². The summed E-state index contributed by atoms with van der Waals surface area (Å²) >= 11 is 0. The highest BCUT2D eigenvalue weighted by molar-refractivity contribution is 5.91. The van der Waals surface area contributed by atoms with Crippen LogP contribution < -0.4 is 5.73 Å². The van der Waals surface area contributed by atoms with Crippen molar-refractivity contribution in [1.29, 1.82) is 5.26 Å². The molecule has 0 aromatic heterocycles. The zero-order valence-electron chi connectivity index (χ0n) is 6.11. The standard InChI is InChI=1S/C8H6N2O2/c9-4-5-3-6(10)1-2-7(5)8(11)12/h1-3H,10H2,(H,11,12). The normalized spacial score (nSPS) is 8.92. The van der Waals surface area contributed by atoms with Gasteiger partial charge in [0.1, 0.15) is 6.07 Å². The third-order valence-electron chi connectivity index (χ3n) is 1.39. The van der Waals surface area contributed by atoms with Crippen LogP contribution in [0.1, 0.15) is 15.9 Å². The number of benzene rings is 1. The third-order valence-corrected chi connectivity index (χ3v) is 1.39. The van der Waals surface area contributed by atoms with Crippen molar-refractivity contribution in [3.63, 3.8) is 0 Å². The predicted molar refractivity (Wildman–Crippen MR) is 42.5 cm³/mol. The Morgan fingerprint density at radius 3 is 2.75 bits per heavy atom. The Morgan fingerprint density at radius 2 is 2.25 bits per heavy atom. The number of nitrogens with two attached hydrogens (primary N) is 1. The third kappa shape index (κ3) is 1.35. The van der Waals surface area contributed by atoms with E-state index in [9.17, 15) is 4.79 Å². The fourth-order valence-electron chi connectivity index (χ4n) is 0.841. The molecule has 0 heterocycles. The van der Waals surface area contributed by atoms with Gasteiger partial charge in [-0.25, -0.2) is 4.79 Å². The van der Waals surface area contributed by atoms with Crippen LogP contribution >= 0.6 is 0 Å². The number of rotatable bonds is 1. The van der Waals surface area contributed by atoms with E-state index in [-0.39, 0.29) is 11.1 Å². The van der Waals surface area contributed by atoms with Gasteiger partial charge in [-0.2, -0.15) is 5.26 Å². The lowest BCUT2D eigenvalue weighted by molar-refractivity contribution is 0.0696. The summed E-state index contributed by atoms with van der Waals surface area (Å²) in [5.41, 5.74) is 5.81. The van der Waals surface area contributed by atoms with Gasteiger partial charge >= 0.3 is 5.97 Å². The Labute approximate surface area is 68.8 Å². The molecular weight excluding hydrogens is 156 g/mol. The van der Waals surface area contributed by atoms with Crippen LogP contribution in [0.15, 0.2) is 18.2 Å². The topological polar surface area (TPSA) is 87.1 Å². The molecule has 0 saturated carbocycles. The van der Waals surface area contributed by atoms with E-state index >= 15 is 0 Å². The van der Waals surface area contributed by atoms with Crippen molar-refractivity contribution in [2.75, 3.05) is 5.73 Å². The maximum atomic E-state index is 10.5. The van der Waals surface area contributed by atoms with E-state index in [0.717, 1.165) is 0 Å².